The SMILES string of the molecule is COC(=O)c1ccc(N2C(=O)CC(N(CCc3ccccc3)S(=O)(=O)c3ccc(C)cc3)C2=O)cc1. The van der Waals surface area contributed by atoms with Crippen LogP contribution in [-0.2, 0) is 30.8 Å². The minimum Gasteiger partial charge on any atom is -0.465 e. The summed E-state index contributed by atoms with van der Waals surface area (Å²) in [6, 6.07) is 20.4. The van der Waals surface area contributed by atoms with Crippen molar-refractivity contribution in [2.24, 2.45) is 0 Å². The second-order valence-corrected chi connectivity index (χ2v) is 10.4. The molecule has 1 heterocycles. The lowest BCUT2D eigenvalue weighted by Gasteiger charge is -2.27. The summed E-state index contributed by atoms with van der Waals surface area (Å²) < 4.78 is 33.2. The fourth-order valence-electron chi connectivity index (χ4n) is 4.15. The van der Waals surface area contributed by atoms with Crippen molar-refractivity contribution < 1.29 is 27.5 Å². The van der Waals surface area contributed by atoms with Gasteiger partial charge in [-0.15, -0.1) is 0 Å². The van der Waals surface area contributed by atoms with Gasteiger partial charge in [0.05, 0.1) is 29.7 Å². The number of sulfonamides is 1. The Morgan fingerprint density at radius 2 is 1.61 bits per heavy atom. The van der Waals surface area contributed by atoms with Crippen LogP contribution < -0.4 is 4.90 Å². The molecule has 1 aliphatic rings. The Morgan fingerprint density at radius 3 is 2.22 bits per heavy atom. The van der Waals surface area contributed by atoms with E-state index in [1.807, 2.05) is 37.3 Å². The maximum atomic E-state index is 13.7. The second-order valence-electron chi connectivity index (χ2n) is 8.49. The van der Waals surface area contributed by atoms with Crippen LogP contribution in [0.4, 0.5) is 5.69 Å². The highest BCUT2D eigenvalue weighted by atomic mass is 32.2. The minimum absolute atomic E-state index is 0.0268. The van der Waals surface area contributed by atoms with E-state index in [1.54, 1.807) is 12.1 Å². The molecule has 0 bridgehead atoms. The van der Waals surface area contributed by atoms with Crippen molar-refractivity contribution in [2.45, 2.75) is 30.7 Å². The molecule has 36 heavy (non-hydrogen) atoms. The smallest absolute Gasteiger partial charge is 0.337 e. The molecule has 1 atom stereocenters. The van der Waals surface area contributed by atoms with Gasteiger partial charge < -0.3 is 4.74 Å². The average molecular weight is 507 g/mol. The molecule has 9 heteroatoms. The van der Waals surface area contributed by atoms with Gasteiger partial charge in [-0.1, -0.05) is 48.0 Å². The Balaban J connectivity index is 1.66. The molecule has 8 nitrogen and oxygen atoms in total. The van der Waals surface area contributed by atoms with Crippen molar-refractivity contribution in [3.63, 3.8) is 0 Å². The molecule has 1 unspecified atom stereocenters. The summed E-state index contributed by atoms with van der Waals surface area (Å²) in [5, 5.41) is 0. The molecule has 0 radical (unpaired) electrons. The third kappa shape index (κ3) is 5.07. The predicted molar refractivity (Wildman–Crippen MR) is 134 cm³/mol. The first-order valence-corrected chi connectivity index (χ1v) is 12.8. The van der Waals surface area contributed by atoms with Crippen LogP contribution in [0, 0.1) is 6.92 Å². The van der Waals surface area contributed by atoms with E-state index in [9.17, 15) is 22.8 Å². The quantitative estimate of drug-likeness (QED) is 0.343. The first-order chi connectivity index (χ1) is 17.2. The van der Waals surface area contributed by atoms with Gasteiger partial charge in [0, 0.05) is 6.54 Å². The molecule has 0 aliphatic carbocycles. The number of ether oxygens (including phenoxy) is 1. The molecule has 3 aromatic carbocycles. The summed E-state index contributed by atoms with van der Waals surface area (Å²) >= 11 is 0. The third-order valence-electron chi connectivity index (χ3n) is 6.11. The van der Waals surface area contributed by atoms with Gasteiger partial charge in [0.2, 0.25) is 15.9 Å². The number of carbonyl (C=O) groups excluding carboxylic acids is 3. The number of hydrogen-bond donors (Lipinski definition) is 0. The molecular weight excluding hydrogens is 480 g/mol. The van der Waals surface area contributed by atoms with E-state index in [-0.39, 0.29) is 29.1 Å². The molecule has 0 N–H and O–H groups in total. The summed E-state index contributed by atoms with van der Waals surface area (Å²) in [5.41, 5.74) is 2.34. The molecule has 4 rings (SSSR count). The van der Waals surface area contributed by atoms with Crippen molar-refractivity contribution in [1.82, 2.24) is 4.31 Å². The van der Waals surface area contributed by atoms with Gasteiger partial charge in [-0.05, 0) is 55.3 Å². The van der Waals surface area contributed by atoms with Crippen molar-refractivity contribution in [3.05, 3.63) is 95.6 Å². The highest BCUT2D eigenvalue weighted by Crippen LogP contribution is 2.30. The summed E-state index contributed by atoms with van der Waals surface area (Å²) in [5.74, 6) is -1.69. The van der Waals surface area contributed by atoms with Crippen LogP contribution >= 0.6 is 0 Å². The van der Waals surface area contributed by atoms with Gasteiger partial charge in [-0.2, -0.15) is 4.31 Å². The van der Waals surface area contributed by atoms with Crippen molar-refractivity contribution in [2.75, 3.05) is 18.6 Å². The lowest BCUT2D eigenvalue weighted by atomic mass is 10.1. The zero-order chi connectivity index (χ0) is 25.9. The lowest BCUT2D eigenvalue weighted by molar-refractivity contribution is -0.122. The summed E-state index contributed by atoms with van der Waals surface area (Å²) in [6.45, 7) is 1.88. The summed E-state index contributed by atoms with van der Waals surface area (Å²) in [4.78, 5) is 39.2. The Kier molecular flexibility index (Phi) is 7.32. The number of hydrogen-bond acceptors (Lipinski definition) is 6. The standard InChI is InChI=1S/C27H26N2O6S/c1-19-8-14-23(15-9-19)36(33,34)28(17-16-20-6-4-3-5-7-20)24-18-25(30)29(26(24)31)22-12-10-21(11-13-22)27(32)35-2/h3-15,24H,16-18H2,1-2H3. The molecule has 0 aromatic heterocycles. The van der Waals surface area contributed by atoms with Gasteiger partial charge >= 0.3 is 5.97 Å². The number of carbonyl (C=O) groups is 3. The van der Waals surface area contributed by atoms with Gasteiger partial charge in [0.1, 0.15) is 6.04 Å². The predicted octanol–water partition coefficient (Wildman–Crippen LogP) is 3.35. The van der Waals surface area contributed by atoms with E-state index in [4.69, 9.17) is 0 Å². The number of nitrogens with zero attached hydrogens (tertiary/aromatic N) is 2. The van der Waals surface area contributed by atoms with Gasteiger partial charge in [-0.3, -0.25) is 9.59 Å². The van der Waals surface area contributed by atoms with Crippen LogP contribution in [0.15, 0.2) is 83.8 Å². The van der Waals surface area contributed by atoms with Gasteiger partial charge in [-0.25, -0.2) is 18.1 Å². The zero-order valence-corrected chi connectivity index (χ0v) is 20.8. The molecule has 1 aliphatic heterocycles. The molecule has 186 valence electrons. The molecule has 0 spiro atoms. The largest absolute Gasteiger partial charge is 0.465 e. The van der Waals surface area contributed by atoms with Gasteiger partial charge in [0.25, 0.3) is 5.91 Å². The molecule has 2 amide bonds. The summed E-state index contributed by atoms with van der Waals surface area (Å²) in [6.07, 6.45) is 0.0925. The van der Waals surface area contributed by atoms with E-state index in [2.05, 4.69) is 4.74 Å². The maximum Gasteiger partial charge on any atom is 0.337 e. The fourth-order valence-corrected chi connectivity index (χ4v) is 5.73. The molecular formula is C27H26N2O6S. The Hall–Kier alpha value is -3.82. The van der Waals surface area contributed by atoms with Crippen LogP contribution in [0.1, 0.15) is 27.9 Å². The second kappa shape index (κ2) is 10.4. The number of aryl methyl sites for hydroxylation is 1. The number of esters is 1. The number of benzene rings is 3. The van der Waals surface area contributed by atoms with Crippen LogP contribution in [0.3, 0.4) is 0 Å². The van der Waals surface area contributed by atoms with Crippen molar-refractivity contribution in [1.29, 1.82) is 0 Å². The Bertz CT molecular complexity index is 1370. The fraction of sp³-hybridized carbons (Fsp3) is 0.222. The van der Waals surface area contributed by atoms with Crippen molar-refractivity contribution >= 4 is 33.5 Å². The molecule has 1 fully saturated rings. The number of methoxy groups -OCH3 is 1. The van der Waals surface area contributed by atoms with E-state index in [1.165, 1.54) is 43.5 Å². The molecule has 3 aromatic rings. The number of imide groups is 1. The average Bonchev–Trinajstić information content (AvgIpc) is 3.17. The van der Waals surface area contributed by atoms with Crippen LogP contribution in [-0.4, -0.2) is 50.2 Å². The number of rotatable bonds is 8. The maximum absolute atomic E-state index is 13.7. The van der Waals surface area contributed by atoms with E-state index < -0.39 is 33.8 Å². The highest BCUT2D eigenvalue weighted by molar-refractivity contribution is 7.89. The third-order valence-corrected chi connectivity index (χ3v) is 8.03. The van der Waals surface area contributed by atoms with Gasteiger partial charge in [0.15, 0.2) is 0 Å². The molecule has 0 saturated carbocycles. The highest BCUT2D eigenvalue weighted by Gasteiger charge is 2.46. The zero-order valence-electron chi connectivity index (χ0n) is 20.0. The monoisotopic (exact) mass is 506 g/mol. The minimum atomic E-state index is -4.08. The topological polar surface area (TPSA) is 101 Å². The first-order valence-electron chi connectivity index (χ1n) is 11.4. The normalized spacial score (nSPS) is 16.0. The molecule has 1 saturated heterocycles. The number of anilines is 1. The van der Waals surface area contributed by atoms with Crippen LogP contribution in [0.5, 0.6) is 0 Å². The van der Waals surface area contributed by atoms with E-state index in [0.717, 1.165) is 20.3 Å². The van der Waals surface area contributed by atoms with Crippen LogP contribution in [0.2, 0.25) is 0 Å². The number of amides is 2. The van der Waals surface area contributed by atoms with E-state index >= 15 is 0 Å². The lowest BCUT2D eigenvalue weighted by Crippen LogP contribution is -2.46. The Labute approximate surface area is 210 Å². The van der Waals surface area contributed by atoms with Crippen molar-refractivity contribution in [3.8, 4) is 0 Å². The Morgan fingerprint density at radius 1 is 0.972 bits per heavy atom. The summed E-state index contributed by atoms with van der Waals surface area (Å²) in [7, 11) is -2.83. The van der Waals surface area contributed by atoms with Crippen LogP contribution in [0.25, 0.3) is 0 Å². The van der Waals surface area contributed by atoms with E-state index in [0.29, 0.717) is 6.42 Å². The first kappa shape index (κ1) is 25.3.